The van der Waals surface area contributed by atoms with Gasteiger partial charge in [0.25, 0.3) is 5.56 Å². The van der Waals surface area contributed by atoms with Crippen molar-refractivity contribution in [3.05, 3.63) is 38.8 Å². The molecule has 1 atom stereocenters. The fourth-order valence-corrected chi connectivity index (χ4v) is 4.35. The SMILES string of the molecule is CC(C)(C)OC(=O)NC1CCN(c2ccc3c(=O)n(NC(=O)OC(C)(C)C)c(=O)n(C4CC4)c3c2F)C1. The van der Waals surface area contributed by atoms with Gasteiger partial charge in [-0.3, -0.25) is 9.36 Å². The van der Waals surface area contributed by atoms with E-state index in [-0.39, 0.29) is 28.7 Å². The molecule has 4 rings (SSSR count). The third-order valence-electron chi connectivity index (χ3n) is 5.93. The highest BCUT2D eigenvalue weighted by Crippen LogP contribution is 2.37. The molecule has 1 aliphatic carbocycles. The Morgan fingerprint density at radius 3 is 2.19 bits per heavy atom. The second kappa shape index (κ2) is 9.38. The summed E-state index contributed by atoms with van der Waals surface area (Å²) in [6, 6.07) is 2.40. The second-order valence-electron chi connectivity index (χ2n) is 11.5. The van der Waals surface area contributed by atoms with Crippen molar-refractivity contribution < 1.29 is 23.5 Å². The molecule has 11 nitrogen and oxygen atoms in total. The van der Waals surface area contributed by atoms with Crippen molar-refractivity contribution in [2.45, 2.75) is 84.1 Å². The third-order valence-corrected chi connectivity index (χ3v) is 5.93. The van der Waals surface area contributed by atoms with Gasteiger partial charge in [0.1, 0.15) is 11.2 Å². The van der Waals surface area contributed by atoms with Crippen LogP contribution in [0.1, 0.15) is 66.8 Å². The van der Waals surface area contributed by atoms with E-state index >= 15 is 4.39 Å². The number of anilines is 1. The number of hydrogen-bond donors (Lipinski definition) is 2. The molecule has 1 aliphatic heterocycles. The normalized spacial score (nSPS) is 18.1. The lowest BCUT2D eigenvalue weighted by molar-refractivity contribution is 0.0507. The van der Waals surface area contributed by atoms with Crippen LogP contribution in [0.15, 0.2) is 21.7 Å². The van der Waals surface area contributed by atoms with Crippen LogP contribution in [0.25, 0.3) is 10.9 Å². The van der Waals surface area contributed by atoms with Gasteiger partial charge in [-0.25, -0.2) is 24.2 Å². The summed E-state index contributed by atoms with van der Waals surface area (Å²) in [5.74, 6) is -0.694. The zero-order valence-corrected chi connectivity index (χ0v) is 22.0. The van der Waals surface area contributed by atoms with Crippen LogP contribution in [0.4, 0.5) is 19.7 Å². The van der Waals surface area contributed by atoms with E-state index in [4.69, 9.17) is 9.47 Å². The predicted molar refractivity (Wildman–Crippen MR) is 136 cm³/mol. The molecular weight excluding hydrogens is 485 g/mol. The van der Waals surface area contributed by atoms with Gasteiger partial charge < -0.3 is 19.7 Å². The number of benzene rings is 1. The van der Waals surface area contributed by atoms with E-state index in [0.717, 1.165) is 0 Å². The van der Waals surface area contributed by atoms with Gasteiger partial charge in [-0.05, 0) is 72.9 Å². The smallest absolute Gasteiger partial charge is 0.427 e. The highest BCUT2D eigenvalue weighted by Gasteiger charge is 2.33. The maximum atomic E-state index is 16.0. The highest BCUT2D eigenvalue weighted by molar-refractivity contribution is 5.84. The molecule has 2 heterocycles. The Labute approximate surface area is 213 Å². The van der Waals surface area contributed by atoms with Gasteiger partial charge in [0.2, 0.25) is 0 Å². The molecule has 2 aliphatic rings. The minimum atomic E-state index is -0.967. The maximum absolute atomic E-state index is 16.0. The topological polar surface area (TPSA) is 124 Å². The quantitative estimate of drug-likeness (QED) is 0.636. The Morgan fingerprint density at radius 1 is 0.973 bits per heavy atom. The number of ether oxygens (including phenoxy) is 2. The van der Waals surface area contributed by atoms with Crippen LogP contribution < -0.4 is 26.9 Å². The maximum Gasteiger partial charge on any atom is 0.427 e. The molecule has 1 aromatic heterocycles. The fraction of sp³-hybridized carbons (Fsp3) is 0.600. The van der Waals surface area contributed by atoms with Crippen molar-refractivity contribution in [2.75, 3.05) is 23.4 Å². The van der Waals surface area contributed by atoms with Crippen molar-refractivity contribution in [3.63, 3.8) is 0 Å². The Bertz CT molecular complexity index is 1350. The zero-order chi connectivity index (χ0) is 27.3. The van der Waals surface area contributed by atoms with Crippen LogP contribution in [-0.2, 0) is 9.47 Å². The summed E-state index contributed by atoms with van der Waals surface area (Å²) in [6.45, 7) is 11.1. The number of nitrogens with one attached hydrogen (secondary N) is 2. The number of nitrogens with zero attached hydrogens (tertiary/aromatic N) is 3. The van der Waals surface area contributed by atoms with Gasteiger partial charge in [0.15, 0.2) is 5.82 Å². The van der Waals surface area contributed by atoms with Gasteiger partial charge >= 0.3 is 17.9 Å². The number of carbonyl (C=O) groups excluding carboxylic acids is 2. The number of fused-ring (bicyclic) bond motifs is 1. The average molecular weight is 520 g/mol. The Balaban J connectivity index is 1.66. The molecule has 202 valence electrons. The van der Waals surface area contributed by atoms with Gasteiger partial charge in [-0.1, -0.05) is 0 Å². The predicted octanol–water partition coefficient (Wildman–Crippen LogP) is 3.22. The first-order valence-electron chi connectivity index (χ1n) is 12.4. The second-order valence-corrected chi connectivity index (χ2v) is 11.5. The summed E-state index contributed by atoms with van der Waals surface area (Å²) in [6.07, 6.45) is 0.363. The van der Waals surface area contributed by atoms with Crippen LogP contribution in [0.3, 0.4) is 0 Å². The van der Waals surface area contributed by atoms with Crippen LogP contribution >= 0.6 is 0 Å². The standard InChI is InChI=1S/C25H34FN5O6/c1-24(2,3)36-21(33)27-14-11-12-29(13-14)17-10-9-16-19(18(17)26)30(15-7-8-15)23(35)31(20(16)32)28-22(34)37-25(4,5)6/h9-10,14-15H,7-8,11-13H2,1-6H3,(H,27,33)(H,28,34). The first-order valence-corrected chi connectivity index (χ1v) is 12.4. The van der Waals surface area contributed by atoms with E-state index in [1.165, 1.54) is 16.7 Å². The Kier molecular flexibility index (Phi) is 6.72. The number of aromatic nitrogens is 2. The molecule has 2 fully saturated rings. The van der Waals surface area contributed by atoms with Crippen LogP contribution in [0.5, 0.6) is 0 Å². The Morgan fingerprint density at radius 2 is 1.59 bits per heavy atom. The van der Waals surface area contributed by atoms with Crippen molar-refractivity contribution in [1.82, 2.24) is 14.6 Å². The van der Waals surface area contributed by atoms with Gasteiger partial charge in [0, 0.05) is 19.1 Å². The minimum absolute atomic E-state index is 0.0357. The van der Waals surface area contributed by atoms with Crippen LogP contribution in [0, 0.1) is 5.82 Å². The molecule has 1 saturated carbocycles. The molecule has 1 unspecified atom stereocenters. The lowest BCUT2D eigenvalue weighted by atomic mass is 10.2. The number of rotatable bonds is 4. The molecule has 2 N–H and O–H groups in total. The van der Waals surface area contributed by atoms with Gasteiger partial charge in [-0.15, -0.1) is 0 Å². The van der Waals surface area contributed by atoms with Gasteiger partial charge in [-0.2, -0.15) is 4.68 Å². The summed E-state index contributed by atoms with van der Waals surface area (Å²) in [5, 5.41) is 2.77. The molecule has 0 spiro atoms. The number of halogens is 1. The van der Waals surface area contributed by atoms with E-state index in [0.29, 0.717) is 37.0 Å². The molecule has 0 bridgehead atoms. The first kappa shape index (κ1) is 26.5. The highest BCUT2D eigenvalue weighted by atomic mass is 19.1. The van der Waals surface area contributed by atoms with E-state index in [1.54, 1.807) is 46.4 Å². The molecule has 1 aromatic carbocycles. The summed E-state index contributed by atoms with van der Waals surface area (Å²) < 4.78 is 28.3. The number of alkyl carbamates (subject to hydrolysis) is 1. The number of amides is 2. The lowest BCUT2D eigenvalue weighted by Crippen LogP contribution is -2.48. The van der Waals surface area contributed by atoms with Crippen LogP contribution in [0.2, 0.25) is 0 Å². The van der Waals surface area contributed by atoms with Crippen molar-refractivity contribution >= 4 is 28.8 Å². The fourth-order valence-electron chi connectivity index (χ4n) is 4.35. The average Bonchev–Trinajstić information content (AvgIpc) is 3.47. The first-order chi connectivity index (χ1) is 17.1. The Hall–Kier alpha value is -3.57. The molecule has 0 radical (unpaired) electrons. The van der Waals surface area contributed by atoms with Crippen LogP contribution in [-0.4, -0.2) is 51.8 Å². The molecule has 37 heavy (non-hydrogen) atoms. The van der Waals surface area contributed by atoms with Gasteiger partial charge in [0.05, 0.1) is 22.6 Å². The van der Waals surface area contributed by atoms with E-state index in [9.17, 15) is 19.2 Å². The molecule has 2 amide bonds. The summed E-state index contributed by atoms with van der Waals surface area (Å²) in [4.78, 5) is 52.6. The molecule has 12 heteroatoms. The van der Waals surface area contributed by atoms with E-state index in [1.807, 2.05) is 0 Å². The lowest BCUT2D eigenvalue weighted by Gasteiger charge is -2.23. The molecular formula is C25H34FN5O6. The summed E-state index contributed by atoms with van der Waals surface area (Å²) in [5.41, 5.74) is -0.826. The molecule has 1 saturated heterocycles. The number of hydrogen-bond acceptors (Lipinski definition) is 7. The van der Waals surface area contributed by atoms with Crippen molar-refractivity contribution in [2.24, 2.45) is 0 Å². The summed E-state index contributed by atoms with van der Waals surface area (Å²) >= 11 is 0. The number of carbonyl (C=O) groups is 2. The third kappa shape index (κ3) is 5.89. The van der Waals surface area contributed by atoms with E-state index in [2.05, 4.69) is 10.7 Å². The van der Waals surface area contributed by atoms with E-state index < -0.39 is 40.5 Å². The summed E-state index contributed by atoms with van der Waals surface area (Å²) in [7, 11) is 0. The van der Waals surface area contributed by atoms with Crippen molar-refractivity contribution in [3.8, 4) is 0 Å². The minimum Gasteiger partial charge on any atom is -0.444 e. The molecule has 2 aromatic rings. The largest absolute Gasteiger partial charge is 0.444 e. The monoisotopic (exact) mass is 519 g/mol. The zero-order valence-electron chi connectivity index (χ0n) is 22.0. The van der Waals surface area contributed by atoms with Crippen molar-refractivity contribution in [1.29, 1.82) is 0 Å².